The van der Waals surface area contributed by atoms with E-state index >= 15 is 0 Å². The van der Waals surface area contributed by atoms with Gasteiger partial charge in [-0.3, -0.25) is 4.79 Å². The first kappa shape index (κ1) is 14.9. The molecule has 0 aromatic carbocycles. The predicted octanol–water partition coefficient (Wildman–Crippen LogP) is 1.66. The van der Waals surface area contributed by atoms with E-state index in [0.717, 1.165) is 6.07 Å². The highest BCUT2D eigenvalue weighted by atomic mass is 19.4. The van der Waals surface area contributed by atoms with Crippen LogP contribution in [-0.4, -0.2) is 24.8 Å². The van der Waals surface area contributed by atoms with Crippen LogP contribution >= 0.6 is 0 Å². The number of alkyl halides is 3. The average molecular weight is 327 g/mol. The van der Waals surface area contributed by atoms with Crippen LogP contribution in [-0.2, 0) is 12.7 Å². The first-order valence-corrected chi connectivity index (χ1v) is 6.24. The zero-order chi connectivity index (χ0) is 16.6. The van der Waals surface area contributed by atoms with E-state index in [1.54, 1.807) is 6.92 Å². The van der Waals surface area contributed by atoms with E-state index < -0.39 is 17.6 Å². The van der Waals surface area contributed by atoms with Gasteiger partial charge in [0.2, 0.25) is 11.7 Å². The third kappa shape index (κ3) is 3.12. The number of aromatic nitrogens is 5. The lowest BCUT2D eigenvalue weighted by atomic mass is 10.2. The molecule has 0 aliphatic carbocycles. The molecular weight excluding hydrogens is 319 g/mol. The Hall–Kier alpha value is -2.98. The molecule has 0 N–H and O–H groups in total. The molecule has 0 amide bonds. The summed E-state index contributed by atoms with van der Waals surface area (Å²) in [4.78, 5) is 19.2. The zero-order valence-electron chi connectivity index (χ0n) is 11.5. The van der Waals surface area contributed by atoms with Crippen LogP contribution in [0.5, 0.6) is 0 Å². The summed E-state index contributed by atoms with van der Waals surface area (Å²) in [6, 6.07) is 2.48. The van der Waals surface area contributed by atoms with Gasteiger partial charge in [0.05, 0.1) is 0 Å². The van der Waals surface area contributed by atoms with Crippen molar-refractivity contribution in [1.29, 1.82) is 0 Å². The van der Waals surface area contributed by atoms with Crippen molar-refractivity contribution in [3.8, 4) is 11.4 Å². The summed E-state index contributed by atoms with van der Waals surface area (Å²) in [5.41, 5.74) is -0.385. The Kier molecular flexibility index (Phi) is 3.47. The summed E-state index contributed by atoms with van der Waals surface area (Å²) in [6.07, 6.45) is -3.38. The lowest BCUT2D eigenvalue weighted by Crippen LogP contribution is -2.19. The molecule has 0 saturated heterocycles. The maximum absolute atomic E-state index is 12.4. The molecule has 0 unspecified atom stereocenters. The smallest absolute Gasteiger partial charge is 0.337 e. The van der Waals surface area contributed by atoms with Gasteiger partial charge in [-0.2, -0.15) is 23.1 Å². The summed E-state index contributed by atoms with van der Waals surface area (Å²) in [7, 11) is 0. The average Bonchev–Trinajstić information content (AvgIpc) is 3.10. The zero-order valence-corrected chi connectivity index (χ0v) is 11.5. The number of nitrogens with zero attached hydrogens (tertiary/aromatic N) is 5. The molecule has 23 heavy (non-hydrogen) atoms. The maximum atomic E-state index is 12.4. The third-order valence-corrected chi connectivity index (χ3v) is 2.80. The lowest BCUT2D eigenvalue weighted by Gasteiger charge is -2.02. The summed E-state index contributed by atoms with van der Waals surface area (Å²) in [6.45, 7) is 1.67. The fourth-order valence-corrected chi connectivity index (χ4v) is 1.78. The number of pyridine rings is 1. The fourth-order valence-electron chi connectivity index (χ4n) is 1.78. The molecule has 0 atom stereocenters. The summed E-state index contributed by atoms with van der Waals surface area (Å²) in [5.74, 6) is -1.14. The van der Waals surface area contributed by atoms with E-state index in [-0.39, 0.29) is 23.8 Å². The van der Waals surface area contributed by atoms with E-state index in [2.05, 4.69) is 24.8 Å². The Morgan fingerprint density at radius 1 is 1.22 bits per heavy atom. The van der Waals surface area contributed by atoms with E-state index in [1.165, 1.54) is 16.8 Å². The highest BCUT2D eigenvalue weighted by molar-refractivity contribution is 5.52. The van der Waals surface area contributed by atoms with Crippen molar-refractivity contribution in [2.75, 3.05) is 0 Å². The minimum absolute atomic E-state index is 0.0417. The Bertz CT molecular complexity index is 896. The normalized spacial score (nSPS) is 11.8. The summed E-state index contributed by atoms with van der Waals surface area (Å²) >= 11 is 0. The Labute approximate surface area is 125 Å². The Morgan fingerprint density at radius 2 is 2.00 bits per heavy atom. The van der Waals surface area contributed by atoms with Gasteiger partial charge in [0.25, 0.3) is 5.56 Å². The molecule has 0 fully saturated rings. The largest absolute Gasteiger partial charge is 0.471 e. The van der Waals surface area contributed by atoms with Gasteiger partial charge in [0, 0.05) is 17.8 Å². The van der Waals surface area contributed by atoms with E-state index in [1.807, 2.05) is 0 Å². The standard InChI is InChI=1S/C12H8F3N5O3/c1-6-16-8(22-18-6)5-20-3-2-7(4-9(20)21)10-17-11(23-19-10)12(13,14)15/h2-4H,5H2,1H3. The van der Waals surface area contributed by atoms with Gasteiger partial charge >= 0.3 is 12.1 Å². The molecule has 11 heteroatoms. The van der Waals surface area contributed by atoms with Crippen LogP contribution in [0.3, 0.4) is 0 Å². The molecule has 0 bridgehead atoms. The molecule has 3 aromatic rings. The van der Waals surface area contributed by atoms with Gasteiger partial charge < -0.3 is 13.6 Å². The van der Waals surface area contributed by atoms with Crippen LogP contribution in [0.25, 0.3) is 11.4 Å². The molecule has 0 aliphatic heterocycles. The highest BCUT2D eigenvalue weighted by Crippen LogP contribution is 2.28. The molecule has 3 rings (SSSR count). The van der Waals surface area contributed by atoms with E-state index in [9.17, 15) is 18.0 Å². The van der Waals surface area contributed by atoms with Crippen molar-refractivity contribution in [2.45, 2.75) is 19.6 Å². The summed E-state index contributed by atoms with van der Waals surface area (Å²) < 4.78 is 47.5. The van der Waals surface area contributed by atoms with Gasteiger partial charge in [-0.15, -0.1) is 0 Å². The minimum atomic E-state index is -4.74. The fraction of sp³-hybridized carbons (Fsp3) is 0.250. The maximum Gasteiger partial charge on any atom is 0.471 e. The lowest BCUT2D eigenvalue weighted by molar-refractivity contribution is -0.159. The first-order valence-electron chi connectivity index (χ1n) is 6.24. The second-order valence-corrected chi connectivity index (χ2v) is 4.54. The van der Waals surface area contributed by atoms with Crippen molar-refractivity contribution in [1.82, 2.24) is 24.8 Å². The van der Waals surface area contributed by atoms with Crippen LogP contribution < -0.4 is 5.56 Å². The Morgan fingerprint density at radius 3 is 2.57 bits per heavy atom. The monoisotopic (exact) mass is 327 g/mol. The highest BCUT2D eigenvalue weighted by Gasteiger charge is 2.38. The number of aryl methyl sites for hydroxylation is 1. The van der Waals surface area contributed by atoms with Crippen molar-refractivity contribution < 1.29 is 22.2 Å². The number of halogens is 3. The quantitative estimate of drug-likeness (QED) is 0.721. The van der Waals surface area contributed by atoms with Crippen molar-refractivity contribution in [3.05, 3.63) is 46.3 Å². The van der Waals surface area contributed by atoms with Crippen LogP contribution in [0.1, 0.15) is 17.6 Å². The third-order valence-electron chi connectivity index (χ3n) is 2.80. The molecule has 3 heterocycles. The van der Waals surface area contributed by atoms with Gasteiger partial charge in [-0.05, 0) is 13.0 Å². The number of rotatable bonds is 3. The van der Waals surface area contributed by atoms with Crippen LogP contribution in [0.4, 0.5) is 13.2 Å². The summed E-state index contributed by atoms with van der Waals surface area (Å²) in [5, 5.41) is 6.81. The van der Waals surface area contributed by atoms with E-state index in [4.69, 9.17) is 4.52 Å². The predicted molar refractivity (Wildman–Crippen MR) is 67.1 cm³/mol. The van der Waals surface area contributed by atoms with E-state index in [0.29, 0.717) is 5.82 Å². The molecular formula is C12H8F3N5O3. The van der Waals surface area contributed by atoms with Crippen molar-refractivity contribution in [2.24, 2.45) is 0 Å². The minimum Gasteiger partial charge on any atom is -0.337 e. The molecule has 0 radical (unpaired) electrons. The molecule has 3 aromatic heterocycles. The number of hydrogen-bond donors (Lipinski definition) is 0. The molecule has 0 aliphatic rings. The van der Waals surface area contributed by atoms with Crippen LogP contribution in [0.2, 0.25) is 0 Å². The second-order valence-electron chi connectivity index (χ2n) is 4.54. The van der Waals surface area contributed by atoms with Crippen LogP contribution in [0, 0.1) is 6.92 Å². The molecule has 8 nitrogen and oxygen atoms in total. The van der Waals surface area contributed by atoms with Gasteiger partial charge in [-0.1, -0.05) is 10.3 Å². The SMILES string of the molecule is Cc1noc(Cn2ccc(-c3noc(C(F)(F)F)n3)cc2=O)n1. The van der Waals surface area contributed by atoms with Gasteiger partial charge in [0.15, 0.2) is 5.82 Å². The molecule has 0 saturated carbocycles. The topological polar surface area (TPSA) is 99.8 Å². The molecule has 120 valence electrons. The number of hydrogen-bond acceptors (Lipinski definition) is 7. The first-order chi connectivity index (χ1) is 10.8. The van der Waals surface area contributed by atoms with Gasteiger partial charge in [0.1, 0.15) is 6.54 Å². The molecule has 0 spiro atoms. The van der Waals surface area contributed by atoms with Crippen molar-refractivity contribution in [3.63, 3.8) is 0 Å². The van der Waals surface area contributed by atoms with Crippen LogP contribution in [0.15, 0.2) is 32.2 Å². The van der Waals surface area contributed by atoms with Crippen molar-refractivity contribution >= 4 is 0 Å². The Balaban J connectivity index is 1.87. The second kappa shape index (κ2) is 5.34. The van der Waals surface area contributed by atoms with Gasteiger partial charge in [-0.25, -0.2) is 0 Å².